The molecule has 3 N–H and O–H groups in total. The van der Waals surface area contributed by atoms with Crippen LogP contribution in [-0.2, 0) is 4.74 Å². The molecule has 1 aliphatic rings. The minimum absolute atomic E-state index is 0.0596. The van der Waals surface area contributed by atoms with E-state index >= 15 is 0 Å². The fourth-order valence-corrected chi connectivity index (χ4v) is 1.99. The van der Waals surface area contributed by atoms with Gasteiger partial charge in [0.15, 0.2) is 0 Å². The van der Waals surface area contributed by atoms with Gasteiger partial charge >= 0.3 is 0 Å². The number of amides is 1. The van der Waals surface area contributed by atoms with Crippen LogP contribution in [0.3, 0.4) is 0 Å². The van der Waals surface area contributed by atoms with Crippen molar-refractivity contribution in [3.8, 4) is 0 Å². The van der Waals surface area contributed by atoms with Crippen LogP contribution in [-0.4, -0.2) is 30.1 Å². The second-order valence-electron chi connectivity index (χ2n) is 3.99. The molecule has 0 saturated carbocycles. The van der Waals surface area contributed by atoms with E-state index in [1.807, 2.05) is 0 Å². The Hall–Kier alpha value is -1.33. The first-order valence-corrected chi connectivity index (χ1v) is 5.84. The van der Waals surface area contributed by atoms with Crippen LogP contribution in [0.15, 0.2) is 12.1 Å². The highest BCUT2D eigenvalue weighted by Crippen LogP contribution is 2.13. The third kappa shape index (κ3) is 3.31. The molecule has 17 heavy (non-hydrogen) atoms. The van der Waals surface area contributed by atoms with Gasteiger partial charge in [-0.15, -0.1) is 0 Å². The smallest absolute Gasteiger partial charge is 0.251 e. The van der Waals surface area contributed by atoms with E-state index in [0.29, 0.717) is 12.2 Å². The molecule has 1 aromatic rings. The topological polar surface area (TPSA) is 77.2 Å². The highest BCUT2D eigenvalue weighted by atomic mass is 35.5. The Bertz CT molecular complexity index is 399. The largest absolute Gasteiger partial charge is 0.384 e. The summed E-state index contributed by atoms with van der Waals surface area (Å²) < 4.78 is 5.29. The van der Waals surface area contributed by atoms with Crippen LogP contribution >= 0.6 is 11.6 Å². The van der Waals surface area contributed by atoms with E-state index in [9.17, 15) is 4.79 Å². The summed E-state index contributed by atoms with van der Waals surface area (Å²) in [6, 6.07) is 3.06. The monoisotopic (exact) mass is 255 g/mol. The van der Waals surface area contributed by atoms with Gasteiger partial charge < -0.3 is 15.8 Å². The summed E-state index contributed by atoms with van der Waals surface area (Å²) in [5.41, 5.74) is 5.95. The number of hydrogen-bond donors (Lipinski definition) is 2. The standard InChI is InChI=1S/C11H14ClN3O2/c12-9-4-7(5-10(13)15-9)11(16)14-8-2-1-3-17-6-8/h4-5,8H,1-3,6H2,(H2,13,15)(H,14,16). The Morgan fingerprint density at radius 2 is 2.41 bits per heavy atom. The number of carbonyl (C=O) groups excluding carboxylic acids is 1. The number of ether oxygens (including phenoxy) is 1. The van der Waals surface area contributed by atoms with E-state index in [-0.39, 0.29) is 22.9 Å². The number of nitrogens with one attached hydrogen (secondary N) is 1. The normalized spacial score (nSPS) is 19.9. The molecule has 1 saturated heterocycles. The molecule has 2 heterocycles. The fraction of sp³-hybridized carbons (Fsp3) is 0.455. The van der Waals surface area contributed by atoms with Crippen molar-refractivity contribution >= 4 is 23.3 Å². The summed E-state index contributed by atoms with van der Waals surface area (Å²) in [6.07, 6.45) is 1.89. The number of halogens is 1. The highest BCUT2D eigenvalue weighted by molar-refractivity contribution is 6.29. The third-order valence-corrected chi connectivity index (χ3v) is 2.77. The number of nitrogen functional groups attached to an aromatic ring is 1. The molecule has 0 bridgehead atoms. The zero-order valence-electron chi connectivity index (χ0n) is 9.28. The first-order chi connectivity index (χ1) is 8.15. The molecule has 2 rings (SSSR count). The Kier molecular flexibility index (Phi) is 3.81. The lowest BCUT2D eigenvalue weighted by Gasteiger charge is -2.23. The van der Waals surface area contributed by atoms with Crippen molar-refractivity contribution in [2.45, 2.75) is 18.9 Å². The lowest BCUT2D eigenvalue weighted by Crippen LogP contribution is -2.40. The number of aromatic nitrogens is 1. The minimum atomic E-state index is -0.198. The summed E-state index contributed by atoms with van der Waals surface area (Å²) in [4.78, 5) is 15.7. The maximum Gasteiger partial charge on any atom is 0.251 e. The minimum Gasteiger partial charge on any atom is -0.384 e. The summed E-state index contributed by atoms with van der Waals surface area (Å²) in [6.45, 7) is 1.32. The van der Waals surface area contributed by atoms with Gasteiger partial charge in [-0.25, -0.2) is 4.98 Å². The van der Waals surface area contributed by atoms with Gasteiger partial charge in [-0.05, 0) is 25.0 Å². The molecule has 1 aromatic heterocycles. The number of rotatable bonds is 2. The lowest BCUT2D eigenvalue weighted by molar-refractivity contribution is 0.0624. The molecule has 1 atom stereocenters. The summed E-state index contributed by atoms with van der Waals surface area (Å²) in [5, 5.41) is 3.10. The Labute approximate surface area is 104 Å². The van der Waals surface area contributed by atoms with Crippen LogP contribution in [0.5, 0.6) is 0 Å². The molecular weight excluding hydrogens is 242 g/mol. The van der Waals surface area contributed by atoms with Gasteiger partial charge in [0.2, 0.25) is 0 Å². The van der Waals surface area contributed by atoms with Gasteiger partial charge in [0, 0.05) is 12.2 Å². The number of nitrogens with two attached hydrogens (primary N) is 1. The van der Waals surface area contributed by atoms with Crippen molar-refractivity contribution in [1.29, 1.82) is 0 Å². The molecule has 1 amide bonds. The number of pyridine rings is 1. The quantitative estimate of drug-likeness (QED) is 0.779. The van der Waals surface area contributed by atoms with Crippen molar-refractivity contribution in [2.24, 2.45) is 0 Å². The van der Waals surface area contributed by atoms with Gasteiger partial charge in [-0.1, -0.05) is 11.6 Å². The number of hydrogen-bond acceptors (Lipinski definition) is 4. The van der Waals surface area contributed by atoms with E-state index in [2.05, 4.69) is 10.3 Å². The SMILES string of the molecule is Nc1cc(C(=O)NC2CCCOC2)cc(Cl)n1. The number of anilines is 1. The van der Waals surface area contributed by atoms with Crippen LogP contribution < -0.4 is 11.1 Å². The first-order valence-electron chi connectivity index (χ1n) is 5.47. The number of nitrogens with zero attached hydrogens (tertiary/aromatic N) is 1. The molecule has 1 unspecified atom stereocenters. The average molecular weight is 256 g/mol. The third-order valence-electron chi connectivity index (χ3n) is 2.57. The second kappa shape index (κ2) is 5.33. The van der Waals surface area contributed by atoms with E-state index in [4.69, 9.17) is 22.1 Å². The first kappa shape index (κ1) is 12.1. The van der Waals surface area contributed by atoms with Crippen LogP contribution in [0, 0.1) is 0 Å². The Morgan fingerprint density at radius 3 is 3.06 bits per heavy atom. The van der Waals surface area contributed by atoms with Crippen LogP contribution in [0.4, 0.5) is 5.82 Å². The van der Waals surface area contributed by atoms with Gasteiger partial charge in [0.05, 0.1) is 12.6 Å². The molecule has 0 aliphatic carbocycles. The second-order valence-corrected chi connectivity index (χ2v) is 4.38. The Balaban J connectivity index is 2.03. The number of carbonyl (C=O) groups is 1. The predicted molar refractivity (Wildman–Crippen MR) is 65.0 cm³/mol. The molecular formula is C11H14ClN3O2. The van der Waals surface area contributed by atoms with Gasteiger partial charge in [-0.3, -0.25) is 4.79 Å². The van der Waals surface area contributed by atoms with Crippen molar-refractivity contribution in [2.75, 3.05) is 18.9 Å². The molecule has 6 heteroatoms. The highest BCUT2D eigenvalue weighted by Gasteiger charge is 2.17. The van der Waals surface area contributed by atoms with Crippen molar-refractivity contribution in [3.63, 3.8) is 0 Å². The van der Waals surface area contributed by atoms with E-state index in [1.54, 1.807) is 0 Å². The zero-order chi connectivity index (χ0) is 12.3. The molecule has 0 aromatic carbocycles. The molecule has 1 aliphatic heterocycles. The van der Waals surface area contributed by atoms with Crippen molar-refractivity contribution in [3.05, 3.63) is 22.8 Å². The van der Waals surface area contributed by atoms with Gasteiger partial charge in [0.25, 0.3) is 5.91 Å². The summed E-state index contributed by atoms with van der Waals surface area (Å²) in [7, 11) is 0. The zero-order valence-corrected chi connectivity index (χ0v) is 10.0. The predicted octanol–water partition coefficient (Wildman–Crippen LogP) is 1.23. The molecule has 0 radical (unpaired) electrons. The molecule has 1 fully saturated rings. The molecule has 92 valence electrons. The van der Waals surface area contributed by atoms with E-state index in [1.165, 1.54) is 12.1 Å². The van der Waals surface area contributed by atoms with Gasteiger partial charge in [-0.2, -0.15) is 0 Å². The maximum atomic E-state index is 11.9. The van der Waals surface area contributed by atoms with E-state index < -0.39 is 0 Å². The van der Waals surface area contributed by atoms with Crippen LogP contribution in [0.2, 0.25) is 5.15 Å². The summed E-state index contributed by atoms with van der Waals surface area (Å²) in [5.74, 6) is 0.0408. The van der Waals surface area contributed by atoms with E-state index in [0.717, 1.165) is 19.4 Å². The van der Waals surface area contributed by atoms with Gasteiger partial charge in [0.1, 0.15) is 11.0 Å². The summed E-state index contributed by atoms with van der Waals surface area (Å²) >= 11 is 5.74. The fourth-order valence-electron chi connectivity index (χ4n) is 1.77. The van der Waals surface area contributed by atoms with Crippen molar-refractivity contribution < 1.29 is 9.53 Å². The maximum absolute atomic E-state index is 11.9. The van der Waals surface area contributed by atoms with Crippen molar-refractivity contribution in [1.82, 2.24) is 10.3 Å². The molecule has 5 nitrogen and oxygen atoms in total. The molecule has 0 spiro atoms. The van der Waals surface area contributed by atoms with Crippen LogP contribution in [0.25, 0.3) is 0 Å². The van der Waals surface area contributed by atoms with Crippen LogP contribution in [0.1, 0.15) is 23.2 Å². The lowest BCUT2D eigenvalue weighted by atomic mass is 10.1. The Morgan fingerprint density at radius 1 is 1.59 bits per heavy atom. The average Bonchev–Trinajstić information content (AvgIpc) is 2.29.